The maximum Gasteiger partial charge on any atom is 0.255 e. The summed E-state index contributed by atoms with van der Waals surface area (Å²) in [6.07, 6.45) is 9.96. The standard InChI is InChI=1S/C30H35N7O2/c1-21-28(22(2)36-20-35-21)30(38)34-17-23-6-3-7-24(16-23)19-37(14-12-31-18-27-32-13-15-39-27)26-10-4-8-25-9-5-11-33-29(25)26/h3,5-7,9,11,13,15-16,20,26,31H,4,8,10,12,14,17-19H2,1-2H3,(H,34,38). The summed E-state index contributed by atoms with van der Waals surface area (Å²) >= 11 is 0. The van der Waals surface area contributed by atoms with Gasteiger partial charge in [-0.05, 0) is 55.9 Å². The average molecular weight is 526 g/mol. The van der Waals surface area contributed by atoms with Gasteiger partial charge in [-0.1, -0.05) is 30.3 Å². The van der Waals surface area contributed by atoms with Crippen LogP contribution >= 0.6 is 0 Å². The molecule has 1 unspecified atom stereocenters. The molecule has 1 aliphatic carbocycles. The van der Waals surface area contributed by atoms with Crippen molar-refractivity contribution >= 4 is 5.91 Å². The lowest BCUT2D eigenvalue weighted by molar-refractivity contribution is 0.0948. The minimum Gasteiger partial charge on any atom is -0.448 e. The minimum absolute atomic E-state index is 0.153. The van der Waals surface area contributed by atoms with Gasteiger partial charge >= 0.3 is 0 Å². The number of hydrogen-bond donors (Lipinski definition) is 2. The van der Waals surface area contributed by atoms with Crippen LogP contribution in [0.5, 0.6) is 0 Å². The maximum absolute atomic E-state index is 12.9. The summed E-state index contributed by atoms with van der Waals surface area (Å²) in [5.74, 6) is 0.535. The van der Waals surface area contributed by atoms with Crippen molar-refractivity contribution in [2.75, 3.05) is 13.1 Å². The molecule has 1 aliphatic rings. The van der Waals surface area contributed by atoms with Gasteiger partial charge in [0.2, 0.25) is 5.89 Å². The Morgan fingerprint density at radius 2 is 1.87 bits per heavy atom. The van der Waals surface area contributed by atoms with Crippen molar-refractivity contribution in [2.45, 2.75) is 58.8 Å². The molecule has 4 aromatic rings. The van der Waals surface area contributed by atoms with Crippen molar-refractivity contribution in [3.8, 4) is 0 Å². The third kappa shape index (κ3) is 6.74. The second kappa shape index (κ2) is 12.7. The highest BCUT2D eigenvalue weighted by Gasteiger charge is 2.27. The molecule has 2 N–H and O–H groups in total. The summed E-state index contributed by atoms with van der Waals surface area (Å²) in [5, 5.41) is 6.50. The van der Waals surface area contributed by atoms with Gasteiger partial charge in [-0.25, -0.2) is 15.0 Å². The van der Waals surface area contributed by atoms with E-state index in [-0.39, 0.29) is 11.9 Å². The lowest BCUT2D eigenvalue weighted by atomic mass is 9.90. The van der Waals surface area contributed by atoms with Crippen LogP contribution in [0.3, 0.4) is 0 Å². The maximum atomic E-state index is 12.9. The smallest absolute Gasteiger partial charge is 0.255 e. The van der Waals surface area contributed by atoms with Crippen molar-refractivity contribution in [3.05, 3.63) is 107 Å². The highest BCUT2D eigenvalue weighted by atomic mass is 16.3. The summed E-state index contributed by atoms with van der Waals surface area (Å²) in [4.78, 5) is 32.7. The van der Waals surface area contributed by atoms with E-state index in [1.807, 2.05) is 32.2 Å². The normalized spacial score (nSPS) is 14.8. The van der Waals surface area contributed by atoms with Gasteiger partial charge in [0.1, 0.15) is 12.6 Å². The van der Waals surface area contributed by atoms with Crippen LogP contribution in [0, 0.1) is 13.8 Å². The molecule has 39 heavy (non-hydrogen) atoms. The zero-order chi connectivity index (χ0) is 27.0. The molecular formula is C30H35N7O2. The number of aryl methyl sites for hydroxylation is 3. The predicted molar refractivity (Wildman–Crippen MR) is 148 cm³/mol. The van der Waals surface area contributed by atoms with E-state index in [1.165, 1.54) is 23.1 Å². The van der Waals surface area contributed by atoms with Gasteiger partial charge in [0.05, 0.1) is 41.4 Å². The van der Waals surface area contributed by atoms with E-state index >= 15 is 0 Å². The van der Waals surface area contributed by atoms with Crippen molar-refractivity contribution in [3.63, 3.8) is 0 Å². The Hall–Kier alpha value is -3.95. The predicted octanol–water partition coefficient (Wildman–Crippen LogP) is 4.08. The fourth-order valence-corrected chi connectivity index (χ4v) is 5.31. The highest BCUT2D eigenvalue weighted by Crippen LogP contribution is 2.33. The number of nitrogens with one attached hydrogen (secondary N) is 2. The third-order valence-electron chi connectivity index (χ3n) is 7.23. The molecule has 0 radical (unpaired) electrons. The number of pyridine rings is 1. The van der Waals surface area contributed by atoms with E-state index in [2.05, 4.69) is 54.8 Å². The van der Waals surface area contributed by atoms with Gasteiger partial charge in [0.25, 0.3) is 5.91 Å². The van der Waals surface area contributed by atoms with E-state index < -0.39 is 0 Å². The van der Waals surface area contributed by atoms with Crippen molar-refractivity contribution in [1.29, 1.82) is 0 Å². The topological polar surface area (TPSA) is 109 Å². The molecule has 3 heterocycles. The Kier molecular flexibility index (Phi) is 8.70. The van der Waals surface area contributed by atoms with Gasteiger partial charge < -0.3 is 15.1 Å². The van der Waals surface area contributed by atoms with E-state index in [4.69, 9.17) is 9.40 Å². The largest absolute Gasteiger partial charge is 0.448 e. The Morgan fingerprint density at radius 3 is 2.69 bits per heavy atom. The quantitative estimate of drug-likeness (QED) is 0.282. The zero-order valence-corrected chi connectivity index (χ0v) is 22.6. The first kappa shape index (κ1) is 26.6. The zero-order valence-electron chi connectivity index (χ0n) is 22.6. The van der Waals surface area contributed by atoms with Gasteiger partial charge in [0, 0.05) is 32.4 Å². The minimum atomic E-state index is -0.153. The summed E-state index contributed by atoms with van der Waals surface area (Å²) in [7, 11) is 0. The number of benzene rings is 1. The Morgan fingerprint density at radius 1 is 1.03 bits per heavy atom. The van der Waals surface area contributed by atoms with E-state index in [0.29, 0.717) is 35.9 Å². The summed E-state index contributed by atoms with van der Waals surface area (Å²) in [5.41, 5.74) is 6.70. The molecule has 9 heteroatoms. The second-order valence-corrected chi connectivity index (χ2v) is 9.95. The molecule has 1 amide bonds. The summed E-state index contributed by atoms with van der Waals surface area (Å²) < 4.78 is 5.36. The third-order valence-corrected chi connectivity index (χ3v) is 7.23. The number of carbonyl (C=O) groups excluding carboxylic acids is 1. The lowest BCUT2D eigenvalue weighted by Gasteiger charge is -2.35. The average Bonchev–Trinajstić information content (AvgIpc) is 3.47. The van der Waals surface area contributed by atoms with Crippen LogP contribution in [0.1, 0.15) is 68.9 Å². The molecule has 0 bridgehead atoms. The molecule has 0 spiro atoms. The van der Waals surface area contributed by atoms with Crippen molar-refractivity contribution in [1.82, 2.24) is 35.5 Å². The number of aromatic nitrogens is 4. The van der Waals surface area contributed by atoms with E-state index in [9.17, 15) is 4.79 Å². The van der Waals surface area contributed by atoms with Crippen LogP contribution in [0.4, 0.5) is 0 Å². The molecule has 1 atom stereocenters. The second-order valence-electron chi connectivity index (χ2n) is 9.95. The Balaban J connectivity index is 1.28. The molecule has 0 aliphatic heterocycles. The molecule has 0 saturated carbocycles. The molecule has 0 saturated heterocycles. The number of oxazole rings is 1. The molecule has 1 aromatic carbocycles. The first-order valence-corrected chi connectivity index (χ1v) is 13.5. The van der Waals surface area contributed by atoms with Crippen LogP contribution in [0.25, 0.3) is 0 Å². The molecule has 202 valence electrons. The number of nitrogens with zero attached hydrogens (tertiary/aromatic N) is 5. The molecule has 5 rings (SSSR count). The van der Waals surface area contributed by atoms with Crippen LogP contribution < -0.4 is 10.6 Å². The Labute approximate surface area is 229 Å². The first-order chi connectivity index (χ1) is 19.1. The van der Waals surface area contributed by atoms with Crippen LogP contribution in [0.15, 0.2) is 65.8 Å². The van der Waals surface area contributed by atoms with E-state index in [0.717, 1.165) is 44.5 Å². The van der Waals surface area contributed by atoms with Gasteiger partial charge in [-0.15, -0.1) is 0 Å². The van der Waals surface area contributed by atoms with E-state index in [1.54, 1.807) is 12.5 Å². The fourth-order valence-electron chi connectivity index (χ4n) is 5.31. The van der Waals surface area contributed by atoms with Crippen LogP contribution in [-0.2, 0) is 26.1 Å². The fraction of sp³-hybridized carbons (Fsp3) is 0.367. The number of hydrogen-bond acceptors (Lipinski definition) is 8. The number of carbonyl (C=O) groups is 1. The highest BCUT2D eigenvalue weighted by molar-refractivity contribution is 5.96. The SMILES string of the molecule is Cc1ncnc(C)c1C(=O)NCc1cccc(CN(CCNCc2ncco2)C2CCCc3cccnc32)c1. The molecule has 3 aromatic heterocycles. The molecule has 0 fully saturated rings. The van der Waals surface area contributed by atoms with Crippen LogP contribution in [0.2, 0.25) is 0 Å². The van der Waals surface area contributed by atoms with Crippen molar-refractivity contribution in [2.24, 2.45) is 0 Å². The summed E-state index contributed by atoms with van der Waals surface area (Å²) in [6.45, 7) is 7.14. The lowest BCUT2D eigenvalue weighted by Crippen LogP contribution is -2.36. The van der Waals surface area contributed by atoms with Crippen molar-refractivity contribution < 1.29 is 9.21 Å². The van der Waals surface area contributed by atoms with Gasteiger partial charge in [-0.2, -0.15) is 0 Å². The number of fused-ring (bicyclic) bond motifs is 1. The van der Waals surface area contributed by atoms with Gasteiger partial charge in [-0.3, -0.25) is 14.7 Å². The summed E-state index contributed by atoms with van der Waals surface area (Å²) in [6, 6.07) is 12.9. The molecular weight excluding hydrogens is 490 g/mol. The monoisotopic (exact) mass is 525 g/mol. The van der Waals surface area contributed by atoms with Gasteiger partial charge in [0.15, 0.2) is 0 Å². The first-order valence-electron chi connectivity index (χ1n) is 13.5. The number of amides is 1. The molecule has 9 nitrogen and oxygen atoms in total. The number of rotatable bonds is 11. The van der Waals surface area contributed by atoms with Crippen LogP contribution in [-0.4, -0.2) is 43.8 Å². The Bertz CT molecular complexity index is 1370.